The molecule has 3 aromatic rings. The van der Waals surface area contributed by atoms with Crippen LogP contribution in [0.1, 0.15) is 23.7 Å². The van der Waals surface area contributed by atoms with Crippen LogP contribution in [0.15, 0.2) is 70.2 Å². The summed E-state index contributed by atoms with van der Waals surface area (Å²) in [5.41, 5.74) is 4.09. The van der Waals surface area contributed by atoms with Crippen LogP contribution in [0.3, 0.4) is 0 Å². The van der Waals surface area contributed by atoms with Crippen LogP contribution in [0.4, 0.5) is 5.69 Å². The van der Waals surface area contributed by atoms with Crippen molar-refractivity contribution < 1.29 is 18.9 Å². The number of methoxy groups -OCH3 is 1. The fourth-order valence-corrected chi connectivity index (χ4v) is 3.36. The van der Waals surface area contributed by atoms with Gasteiger partial charge in [0.1, 0.15) is 17.3 Å². The highest BCUT2D eigenvalue weighted by molar-refractivity contribution is 5.85. The first-order valence-electron chi connectivity index (χ1n) is 9.37. The fraction of sp³-hybridized carbons (Fsp3) is 0.182. The van der Waals surface area contributed by atoms with Gasteiger partial charge in [-0.25, -0.2) is 5.43 Å². The molecule has 0 saturated heterocycles. The zero-order valence-electron chi connectivity index (χ0n) is 16.1. The first-order valence-corrected chi connectivity index (χ1v) is 9.37. The van der Waals surface area contributed by atoms with Crippen LogP contribution in [0.2, 0.25) is 0 Å². The molecule has 2 atom stereocenters. The number of nitrogens with one attached hydrogen (secondary N) is 1. The lowest BCUT2D eigenvalue weighted by Crippen LogP contribution is -2.20. The van der Waals surface area contributed by atoms with Gasteiger partial charge in [0, 0.05) is 18.1 Å². The minimum absolute atomic E-state index is 0.0675. The number of hydrazone groups is 1. The maximum atomic E-state index is 12.3. The van der Waals surface area contributed by atoms with E-state index in [0.29, 0.717) is 22.8 Å². The Morgan fingerprint density at radius 2 is 2.03 bits per heavy atom. The molecule has 8 nitrogen and oxygen atoms in total. The lowest BCUT2D eigenvalue weighted by molar-refractivity contribution is -0.384. The summed E-state index contributed by atoms with van der Waals surface area (Å²) in [4.78, 5) is 22.8. The summed E-state index contributed by atoms with van der Waals surface area (Å²) >= 11 is 0. The van der Waals surface area contributed by atoms with E-state index in [1.807, 2.05) is 30.3 Å². The van der Waals surface area contributed by atoms with Gasteiger partial charge >= 0.3 is 0 Å². The van der Waals surface area contributed by atoms with E-state index in [0.717, 1.165) is 12.0 Å². The zero-order valence-corrected chi connectivity index (χ0v) is 16.1. The van der Waals surface area contributed by atoms with Gasteiger partial charge in [0.15, 0.2) is 0 Å². The van der Waals surface area contributed by atoms with Crippen LogP contribution in [-0.2, 0) is 4.79 Å². The van der Waals surface area contributed by atoms with E-state index < -0.39 is 4.92 Å². The molecule has 0 radical (unpaired) electrons. The summed E-state index contributed by atoms with van der Waals surface area (Å²) in [5, 5.41) is 15.0. The largest absolute Gasteiger partial charge is 0.496 e. The molecule has 30 heavy (non-hydrogen) atoms. The van der Waals surface area contributed by atoms with Gasteiger partial charge in [-0.15, -0.1) is 0 Å². The number of benzene rings is 2. The Hall–Kier alpha value is -3.94. The SMILES string of the molecule is COc1ccc([N+](=O)[O-])cc1-c1ccc(/C=N/NC(=O)[C@H]2C[C@@H]2c2ccccc2)o1. The summed E-state index contributed by atoms with van der Waals surface area (Å²) < 4.78 is 11.0. The van der Waals surface area contributed by atoms with Crippen LogP contribution in [0.5, 0.6) is 5.75 Å². The monoisotopic (exact) mass is 405 g/mol. The van der Waals surface area contributed by atoms with Crippen LogP contribution >= 0.6 is 0 Å². The second kappa shape index (κ2) is 8.20. The molecule has 1 heterocycles. The van der Waals surface area contributed by atoms with E-state index >= 15 is 0 Å². The molecule has 8 heteroatoms. The Bertz CT molecular complexity index is 1110. The predicted molar refractivity (Wildman–Crippen MR) is 110 cm³/mol. The molecule has 1 aromatic heterocycles. The molecule has 152 valence electrons. The van der Waals surface area contributed by atoms with Gasteiger partial charge in [-0.2, -0.15) is 5.10 Å². The van der Waals surface area contributed by atoms with Crippen molar-refractivity contribution in [2.45, 2.75) is 12.3 Å². The van der Waals surface area contributed by atoms with Crippen molar-refractivity contribution in [2.75, 3.05) is 7.11 Å². The minimum Gasteiger partial charge on any atom is -0.496 e. The van der Waals surface area contributed by atoms with E-state index in [4.69, 9.17) is 9.15 Å². The molecule has 1 amide bonds. The number of nitrogens with zero attached hydrogens (tertiary/aromatic N) is 2. The lowest BCUT2D eigenvalue weighted by Gasteiger charge is -2.05. The number of hydrogen-bond acceptors (Lipinski definition) is 6. The van der Waals surface area contributed by atoms with Crippen molar-refractivity contribution in [3.05, 3.63) is 82.1 Å². The highest BCUT2D eigenvalue weighted by Gasteiger charge is 2.43. The average molecular weight is 405 g/mol. The van der Waals surface area contributed by atoms with Crippen molar-refractivity contribution in [3.63, 3.8) is 0 Å². The maximum Gasteiger partial charge on any atom is 0.270 e. The third-order valence-electron chi connectivity index (χ3n) is 5.01. The first-order chi connectivity index (χ1) is 14.6. The Kier molecular flexibility index (Phi) is 5.30. The van der Waals surface area contributed by atoms with Crippen LogP contribution in [0, 0.1) is 16.0 Å². The molecule has 1 fully saturated rings. The molecule has 0 spiro atoms. The number of nitro groups is 1. The number of carbonyl (C=O) groups excluding carboxylic acids is 1. The number of rotatable bonds is 7. The highest BCUT2D eigenvalue weighted by atomic mass is 16.6. The van der Waals surface area contributed by atoms with E-state index in [1.165, 1.54) is 31.5 Å². The maximum absolute atomic E-state index is 12.3. The number of carbonyl (C=O) groups is 1. The number of non-ortho nitro benzene ring substituents is 1. The van der Waals surface area contributed by atoms with E-state index in [2.05, 4.69) is 10.5 Å². The van der Waals surface area contributed by atoms with Gasteiger partial charge in [-0.3, -0.25) is 14.9 Å². The van der Waals surface area contributed by atoms with Crippen molar-refractivity contribution in [3.8, 4) is 17.1 Å². The predicted octanol–water partition coefficient (Wildman–Crippen LogP) is 4.12. The van der Waals surface area contributed by atoms with Gasteiger partial charge in [0.25, 0.3) is 5.69 Å². The lowest BCUT2D eigenvalue weighted by atomic mass is 10.1. The minimum atomic E-state index is -0.482. The van der Waals surface area contributed by atoms with Crippen LogP contribution in [0.25, 0.3) is 11.3 Å². The van der Waals surface area contributed by atoms with E-state index in [-0.39, 0.29) is 23.4 Å². The second-order valence-electron chi connectivity index (χ2n) is 6.94. The molecule has 1 N–H and O–H groups in total. The highest BCUT2D eigenvalue weighted by Crippen LogP contribution is 2.47. The molecular weight excluding hydrogens is 386 g/mol. The Balaban J connectivity index is 1.41. The van der Waals surface area contributed by atoms with Crippen LogP contribution in [-0.4, -0.2) is 24.2 Å². The number of hydrogen-bond donors (Lipinski definition) is 1. The zero-order chi connectivity index (χ0) is 21.1. The number of ether oxygens (including phenoxy) is 1. The van der Waals surface area contributed by atoms with E-state index in [1.54, 1.807) is 12.1 Å². The third kappa shape index (κ3) is 4.07. The first kappa shape index (κ1) is 19.4. The molecule has 1 aliphatic carbocycles. The molecular formula is C22H19N3O5. The van der Waals surface area contributed by atoms with Gasteiger partial charge < -0.3 is 9.15 Å². The third-order valence-corrected chi connectivity index (χ3v) is 5.01. The summed E-state index contributed by atoms with van der Waals surface area (Å²) in [6.45, 7) is 0. The number of amides is 1. The standard InChI is InChI=1S/C22H19N3O5/c1-29-20-9-7-15(25(27)28)11-19(20)21-10-8-16(30-21)13-23-24-22(26)18-12-17(18)14-5-3-2-4-6-14/h2-11,13,17-18H,12H2,1H3,(H,24,26)/b23-13+/t17-,18+/m1/s1. The second-order valence-corrected chi connectivity index (χ2v) is 6.94. The summed E-state index contributed by atoms with van der Waals surface area (Å²) in [6, 6.07) is 17.5. The Morgan fingerprint density at radius 1 is 1.23 bits per heavy atom. The topological polar surface area (TPSA) is 107 Å². The number of furan rings is 1. The Morgan fingerprint density at radius 3 is 2.77 bits per heavy atom. The van der Waals surface area contributed by atoms with Gasteiger partial charge in [-0.1, -0.05) is 30.3 Å². The normalized spacial score (nSPS) is 17.6. The fourth-order valence-electron chi connectivity index (χ4n) is 3.36. The van der Waals surface area contributed by atoms with Crippen molar-refractivity contribution in [1.82, 2.24) is 5.43 Å². The van der Waals surface area contributed by atoms with Gasteiger partial charge in [0.05, 0.1) is 23.8 Å². The molecule has 0 unspecified atom stereocenters. The van der Waals surface area contributed by atoms with Crippen molar-refractivity contribution in [1.29, 1.82) is 0 Å². The quantitative estimate of drug-likeness (QED) is 0.361. The summed E-state index contributed by atoms with van der Waals surface area (Å²) in [7, 11) is 1.48. The van der Waals surface area contributed by atoms with Crippen LogP contribution < -0.4 is 10.2 Å². The number of nitro benzene ring substituents is 1. The molecule has 4 rings (SSSR count). The molecule has 0 aliphatic heterocycles. The average Bonchev–Trinajstić information content (AvgIpc) is 3.44. The Labute approximate surface area is 172 Å². The smallest absolute Gasteiger partial charge is 0.270 e. The van der Waals surface area contributed by atoms with Crippen molar-refractivity contribution >= 4 is 17.8 Å². The van der Waals surface area contributed by atoms with E-state index in [9.17, 15) is 14.9 Å². The van der Waals surface area contributed by atoms with Gasteiger partial charge in [-0.05, 0) is 36.1 Å². The molecule has 1 saturated carbocycles. The summed E-state index contributed by atoms with van der Waals surface area (Å²) in [5.74, 6) is 1.27. The molecule has 2 aromatic carbocycles. The molecule has 1 aliphatic rings. The summed E-state index contributed by atoms with van der Waals surface area (Å²) in [6.07, 6.45) is 2.20. The van der Waals surface area contributed by atoms with Gasteiger partial charge in [0.2, 0.25) is 5.91 Å². The molecule has 0 bridgehead atoms. The van der Waals surface area contributed by atoms with Crippen molar-refractivity contribution in [2.24, 2.45) is 11.0 Å².